The Morgan fingerprint density at radius 1 is 1.17 bits per heavy atom. The van der Waals surface area contributed by atoms with Gasteiger partial charge in [0.1, 0.15) is 5.75 Å². The number of benzene rings is 2. The molecule has 0 radical (unpaired) electrons. The number of hydrogen-bond acceptors (Lipinski definition) is 5. The molecule has 2 aromatic carbocycles. The highest BCUT2D eigenvalue weighted by atomic mass is 32.2. The fourth-order valence-electron chi connectivity index (χ4n) is 2.58. The number of thioether (sulfide) groups is 1. The molecule has 1 saturated heterocycles. The molecule has 0 aliphatic carbocycles. The van der Waals surface area contributed by atoms with Crippen molar-refractivity contribution in [3.05, 3.63) is 70.1 Å². The summed E-state index contributed by atoms with van der Waals surface area (Å²) < 4.78 is 5.94. The molecule has 0 atom stereocenters. The molecular formula is C22H22N2O3S2. The van der Waals surface area contributed by atoms with Crippen LogP contribution in [0.1, 0.15) is 41.3 Å². The van der Waals surface area contributed by atoms with Crippen molar-refractivity contribution in [3.63, 3.8) is 0 Å². The van der Waals surface area contributed by atoms with Crippen LogP contribution in [0.25, 0.3) is 6.08 Å². The molecule has 0 unspecified atom stereocenters. The number of carbonyl (C=O) groups excluding carboxylic acids is 2. The molecule has 1 heterocycles. The van der Waals surface area contributed by atoms with Crippen molar-refractivity contribution in [2.75, 3.05) is 6.61 Å². The highest BCUT2D eigenvalue weighted by molar-refractivity contribution is 8.26. The number of carbonyl (C=O) groups is 2. The summed E-state index contributed by atoms with van der Waals surface area (Å²) >= 11 is 6.43. The van der Waals surface area contributed by atoms with Gasteiger partial charge in [-0.05, 0) is 61.5 Å². The molecule has 1 fully saturated rings. The Kier molecular flexibility index (Phi) is 7.06. The second-order valence-electron chi connectivity index (χ2n) is 6.60. The molecular weight excluding hydrogens is 404 g/mol. The lowest BCUT2D eigenvalue weighted by Crippen LogP contribution is -2.44. The van der Waals surface area contributed by atoms with Crippen LogP contribution in [-0.4, -0.2) is 27.8 Å². The largest absolute Gasteiger partial charge is 0.494 e. The molecule has 1 aliphatic rings. The Balaban J connectivity index is 1.66. The maximum absolute atomic E-state index is 12.7. The fraction of sp³-hybridized carbons (Fsp3) is 0.227. The molecule has 0 spiro atoms. The minimum Gasteiger partial charge on any atom is -0.494 e. The number of thiocarbonyl (C=S) groups is 1. The number of hydrogen-bond donors (Lipinski definition) is 1. The van der Waals surface area contributed by atoms with Gasteiger partial charge in [-0.15, -0.1) is 0 Å². The second kappa shape index (κ2) is 9.71. The number of amides is 2. The standard InChI is InChI=1S/C22H22N2O3S2/c1-3-4-13-27-18-11-7-16(8-12-18)14-19-21(26)24(22(28)29-19)23-20(25)17-9-5-15(2)6-10-17/h5-12,14H,3-4,13H2,1-2H3,(H,23,25)/b19-14-. The van der Waals surface area contributed by atoms with Crippen LogP contribution in [0.15, 0.2) is 53.4 Å². The average molecular weight is 427 g/mol. The SMILES string of the molecule is CCCCOc1ccc(/C=C2\SC(=S)N(NC(=O)c3ccc(C)cc3)C2=O)cc1. The molecule has 0 aromatic heterocycles. The van der Waals surface area contributed by atoms with Crippen molar-refractivity contribution < 1.29 is 14.3 Å². The van der Waals surface area contributed by atoms with Gasteiger partial charge in [0.05, 0.1) is 11.5 Å². The number of aryl methyl sites for hydroxylation is 1. The summed E-state index contributed by atoms with van der Waals surface area (Å²) in [7, 11) is 0. The average Bonchev–Trinajstić information content (AvgIpc) is 2.97. The molecule has 3 rings (SSSR count). The third-order valence-corrected chi connectivity index (χ3v) is 5.57. The summed E-state index contributed by atoms with van der Waals surface area (Å²) in [5, 5.41) is 1.12. The van der Waals surface area contributed by atoms with Crippen LogP contribution in [0.4, 0.5) is 0 Å². The van der Waals surface area contributed by atoms with Crippen LogP contribution >= 0.6 is 24.0 Å². The van der Waals surface area contributed by atoms with Crippen molar-refractivity contribution in [3.8, 4) is 5.75 Å². The first-order valence-corrected chi connectivity index (χ1v) is 10.6. The highest BCUT2D eigenvalue weighted by Gasteiger charge is 2.33. The van der Waals surface area contributed by atoms with E-state index in [-0.39, 0.29) is 11.8 Å². The maximum Gasteiger partial charge on any atom is 0.285 e. The van der Waals surface area contributed by atoms with E-state index in [1.165, 1.54) is 0 Å². The van der Waals surface area contributed by atoms with Crippen molar-refractivity contribution in [2.24, 2.45) is 0 Å². The molecule has 0 bridgehead atoms. The molecule has 29 heavy (non-hydrogen) atoms. The van der Waals surface area contributed by atoms with Gasteiger partial charge in [0.25, 0.3) is 11.8 Å². The lowest BCUT2D eigenvalue weighted by Gasteiger charge is -2.15. The topological polar surface area (TPSA) is 58.6 Å². The van der Waals surface area contributed by atoms with Crippen LogP contribution in [0.5, 0.6) is 5.75 Å². The van der Waals surface area contributed by atoms with Gasteiger partial charge in [-0.1, -0.05) is 54.9 Å². The van der Waals surface area contributed by atoms with Gasteiger partial charge < -0.3 is 4.74 Å². The van der Waals surface area contributed by atoms with E-state index in [2.05, 4.69) is 12.3 Å². The molecule has 5 nitrogen and oxygen atoms in total. The van der Waals surface area contributed by atoms with Gasteiger partial charge in [0, 0.05) is 5.56 Å². The van der Waals surface area contributed by atoms with E-state index in [1.54, 1.807) is 18.2 Å². The Labute approximate surface area is 180 Å². The van der Waals surface area contributed by atoms with Gasteiger partial charge in [0.15, 0.2) is 4.32 Å². The monoisotopic (exact) mass is 426 g/mol. The van der Waals surface area contributed by atoms with E-state index < -0.39 is 0 Å². The summed E-state index contributed by atoms with van der Waals surface area (Å²) in [6.07, 6.45) is 3.85. The van der Waals surface area contributed by atoms with Crippen LogP contribution < -0.4 is 10.2 Å². The smallest absolute Gasteiger partial charge is 0.285 e. The summed E-state index contributed by atoms with van der Waals surface area (Å²) in [6.45, 7) is 4.75. The van der Waals surface area contributed by atoms with Gasteiger partial charge >= 0.3 is 0 Å². The summed E-state index contributed by atoms with van der Waals surface area (Å²) in [5.41, 5.74) is 4.97. The molecule has 2 aromatic rings. The molecule has 150 valence electrons. The minimum atomic E-state index is -0.379. The number of nitrogens with zero attached hydrogens (tertiary/aromatic N) is 1. The lowest BCUT2D eigenvalue weighted by molar-refractivity contribution is -0.123. The third-order valence-electron chi connectivity index (χ3n) is 4.27. The predicted molar refractivity (Wildman–Crippen MR) is 121 cm³/mol. The summed E-state index contributed by atoms with van der Waals surface area (Å²) in [6, 6.07) is 14.6. The Bertz CT molecular complexity index is 938. The number of rotatable bonds is 7. The van der Waals surface area contributed by atoms with E-state index in [4.69, 9.17) is 17.0 Å². The summed E-state index contributed by atoms with van der Waals surface area (Å²) in [5.74, 6) is 0.0772. The van der Waals surface area contributed by atoms with Crippen LogP contribution in [0.3, 0.4) is 0 Å². The number of hydrazine groups is 1. The Hall–Kier alpha value is -2.64. The molecule has 1 N–H and O–H groups in total. The van der Waals surface area contributed by atoms with Crippen molar-refractivity contribution in [2.45, 2.75) is 26.7 Å². The third kappa shape index (κ3) is 5.46. The summed E-state index contributed by atoms with van der Waals surface area (Å²) in [4.78, 5) is 25.6. The van der Waals surface area contributed by atoms with E-state index in [1.807, 2.05) is 43.3 Å². The van der Waals surface area contributed by atoms with Gasteiger partial charge in [-0.3, -0.25) is 15.0 Å². The zero-order valence-corrected chi connectivity index (χ0v) is 17.9. The molecule has 2 amide bonds. The first-order chi connectivity index (χ1) is 14.0. The molecule has 7 heteroatoms. The van der Waals surface area contributed by atoms with Crippen molar-refractivity contribution in [1.29, 1.82) is 0 Å². The van der Waals surface area contributed by atoms with Crippen molar-refractivity contribution in [1.82, 2.24) is 10.4 Å². The maximum atomic E-state index is 12.7. The number of nitrogens with one attached hydrogen (secondary N) is 1. The van der Waals surface area contributed by atoms with Crippen LogP contribution in [0.2, 0.25) is 0 Å². The Morgan fingerprint density at radius 3 is 2.52 bits per heavy atom. The first kappa shape index (κ1) is 21.1. The fourth-order valence-corrected chi connectivity index (χ4v) is 3.76. The lowest BCUT2D eigenvalue weighted by atomic mass is 10.1. The predicted octanol–water partition coefficient (Wildman–Crippen LogP) is 4.72. The first-order valence-electron chi connectivity index (χ1n) is 9.36. The van der Waals surface area contributed by atoms with Crippen LogP contribution in [0, 0.1) is 6.92 Å². The van der Waals surface area contributed by atoms with E-state index in [0.29, 0.717) is 21.4 Å². The second-order valence-corrected chi connectivity index (χ2v) is 8.27. The highest BCUT2D eigenvalue weighted by Crippen LogP contribution is 2.31. The minimum absolute atomic E-state index is 0.293. The van der Waals surface area contributed by atoms with Gasteiger partial charge in [-0.2, -0.15) is 5.01 Å². The normalized spacial score (nSPS) is 15.1. The zero-order valence-electron chi connectivity index (χ0n) is 16.3. The van der Waals surface area contributed by atoms with Gasteiger partial charge in [0.2, 0.25) is 0 Å². The quantitative estimate of drug-likeness (QED) is 0.394. The van der Waals surface area contributed by atoms with E-state index >= 15 is 0 Å². The van der Waals surface area contributed by atoms with E-state index in [0.717, 1.165) is 46.5 Å². The number of unbranched alkanes of at least 4 members (excludes halogenated alkanes) is 1. The number of ether oxygens (including phenoxy) is 1. The van der Waals surface area contributed by atoms with E-state index in [9.17, 15) is 9.59 Å². The molecule has 1 aliphatic heterocycles. The zero-order chi connectivity index (χ0) is 20.8. The van der Waals surface area contributed by atoms with Crippen molar-refractivity contribution >= 4 is 46.2 Å². The molecule has 0 saturated carbocycles. The van der Waals surface area contributed by atoms with Gasteiger partial charge in [-0.25, -0.2) is 0 Å². The Morgan fingerprint density at radius 2 is 1.86 bits per heavy atom. The van der Waals surface area contributed by atoms with Crippen LogP contribution in [-0.2, 0) is 4.79 Å².